The normalized spacial score (nSPS) is 19.1. The summed E-state index contributed by atoms with van der Waals surface area (Å²) >= 11 is 0. The second-order valence-electron chi connectivity index (χ2n) is 7.82. The molecule has 2 aliphatic heterocycles. The van der Waals surface area contributed by atoms with Gasteiger partial charge in [-0.1, -0.05) is 12.0 Å². The van der Waals surface area contributed by atoms with Crippen LogP contribution in [0.15, 0.2) is 12.1 Å². The lowest BCUT2D eigenvalue weighted by Gasteiger charge is -2.19. The quantitative estimate of drug-likeness (QED) is 0.647. The van der Waals surface area contributed by atoms with E-state index in [2.05, 4.69) is 27.6 Å². The number of carbonyl (C=O) groups is 3. The molecule has 2 aliphatic rings. The molecule has 0 radical (unpaired) electrons. The summed E-state index contributed by atoms with van der Waals surface area (Å²) in [4.78, 5) is 42.3. The topological polar surface area (TPSA) is 91.4 Å². The molecule has 3 heterocycles. The van der Waals surface area contributed by atoms with Crippen molar-refractivity contribution in [2.75, 3.05) is 25.0 Å². The Bertz CT molecular complexity index is 830. The fraction of sp³-hybridized carbons (Fsp3) is 0.545. The Morgan fingerprint density at radius 2 is 2.28 bits per heavy atom. The van der Waals surface area contributed by atoms with Crippen LogP contribution < -0.4 is 10.6 Å². The van der Waals surface area contributed by atoms with Crippen LogP contribution in [0.1, 0.15) is 43.9 Å². The Hall–Kier alpha value is -2.88. The van der Waals surface area contributed by atoms with Crippen molar-refractivity contribution in [2.24, 2.45) is 5.92 Å². The molecule has 2 atom stereocenters. The summed E-state index contributed by atoms with van der Waals surface area (Å²) in [5, 5.41) is 5.97. The van der Waals surface area contributed by atoms with Crippen LogP contribution in [0, 0.1) is 18.3 Å². The number of aromatic nitrogens is 1. The lowest BCUT2D eigenvalue weighted by atomic mass is 9.99. The number of fused-ring (bicyclic) bond motifs is 1. The zero-order valence-corrected chi connectivity index (χ0v) is 16.9. The molecule has 2 amide bonds. The first kappa shape index (κ1) is 20.8. The molecule has 0 bridgehead atoms. The average Bonchev–Trinajstić information content (AvgIpc) is 3.04. The number of Topliss-reactive ketones (excluding diaryl/α,β-unsaturated/α-hetero) is 1. The van der Waals surface area contributed by atoms with E-state index in [9.17, 15) is 14.4 Å². The summed E-state index contributed by atoms with van der Waals surface area (Å²) in [6, 6.07) is 3.54. The van der Waals surface area contributed by atoms with Crippen LogP contribution in [-0.2, 0) is 27.2 Å². The molecule has 1 saturated heterocycles. The van der Waals surface area contributed by atoms with Crippen LogP contribution in [0.25, 0.3) is 0 Å². The van der Waals surface area contributed by atoms with E-state index in [1.54, 1.807) is 4.90 Å². The van der Waals surface area contributed by atoms with Crippen LogP contribution in [-0.4, -0.2) is 53.2 Å². The van der Waals surface area contributed by atoms with Gasteiger partial charge in [0, 0.05) is 31.1 Å². The Morgan fingerprint density at radius 3 is 3.03 bits per heavy atom. The second-order valence-corrected chi connectivity index (χ2v) is 7.82. The van der Waals surface area contributed by atoms with Gasteiger partial charge in [-0.2, -0.15) is 0 Å². The number of anilines is 1. The summed E-state index contributed by atoms with van der Waals surface area (Å²) < 4.78 is 0. The molecule has 154 valence electrons. The minimum Gasteiger partial charge on any atom is -0.370 e. The van der Waals surface area contributed by atoms with Crippen molar-refractivity contribution in [3.63, 3.8) is 0 Å². The molecule has 7 heteroatoms. The molecule has 0 aromatic carbocycles. The summed E-state index contributed by atoms with van der Waals surface area (Å²) in [6.07, 6.45) is 9.84. The van der Waals surface area contributed by atoms with Crippen molar-refractivity contribution in [1.29, 1.82) is 0 Å². The van der Waals surface area contributed by atoms with Crippen molar-refractivity contribution >= 4 is 23.4 Å². The molecule has 0 saturated carbocycles. The number of likely N-dealkylation sites (tertiary alicyclic amines) is 1. The van der Waals surface area contributed by atoms with Gasteiger partial charge in [-0.25, -0.2) is 4.98 Å². The van der Waals surface area contributed by atoms with Crippen molar-refractivity contribution in [3.8, 4) is 12.3 Å². The van der Waals surface area contributed by atoms with E-state index in [1.165, 1.54) is 12.5 Å². The number of pyridine rings is 1. The maximum absolute atomic E-state index is 12.6. The van der Waals surface area contributed by atoms with Gasteiger partial charge in [0.25, 0.3) is 0 Å². The fourth-order valence-electron chi connectivity index (χ4n) is 3.91. The fourth-order valence-corrected chi connectivity index (χ4v) is 3.91. The SMILES string of the molecule is C#CC(CC(C)=O)NC(=O)CN1CCC(CCc2ccc3c(n2)NCCC3)C1=O. The summed E-state index contributed by atoms with van der Waals surface area (Å²) in [5.41, 5.74) is 2.24. The predicted molar refractivity (Wildman–Crippen MR) is 110 cm³/mol. The molecule has 7 nitrogen and oxygen atoms in total. The molecule has 2 N–H and O–H groups in total. The van der Waals surface area contributed by atoms with Gasteiger partial charge in [0.15, 0.2) is 0 Å². The van der Waals surface area contributed by atoms with Crippen molar-refractivity contribution < 1.29 is 14.4 Å². The van der Waals surface area contributed by atoms with Crippen molar-refractivity contribution in [2.45, 2.75) is 51.5 Å². The van der Waals surface area contributed by atoms with E-state index < -0.39 is 6.04 Å². The number of hydrogen-bond acceptors (Lipinski definition) is 5. The third-order valence-corrected chi connectivity index (χ3v) is 5.47. The summed E-state index contributed by atoms with van der Waals surface area (Å²) in [7, 11) is 0. The van der Waals surface area contributed by atoms with E-state index >= 15 is 0 Å². The number of aryl methyl sites for hydroxylation is 2. The molecule has 2 unspecified atom stereocenters. The van der Waals surface area contributed by atoms with Gasteiger partial charge in [0.1, 0.15) is 11.6 Å². The van der Waals surface area contributed by atoms with E-state index in [0.29, 0.717) is 6.54 Å². The van der Waals surface area contributed by atoms with Crippen molar-refractivity contribution in [3.05, 3.63) is 23.4 Å². The van der Waals surface area contributed by atoms with Crippen LogP contribution in [0.5, 0.6) is 0 Å². The third-order valence-electron chi connectivity index (χ3n) is 5.47. The number of ketones is 1. The van der Waals surface area contributed by atoms with Crippen LogP contribution in [0.3, 0.4) is 0 Å². The molecule has 29 heavy (non-hydrogen) atoms. The number of rotatable bonds is 8. The average molecular weight is 396 g/mol. The smallest absolute Gasteiger partial charge is 0.240 e. The Kier molecular flexibility index (Phi) is 6.86. The lowest BCUT2D eigenvalue weighted by Crippen LogP contribution is -2.43. The first-order valence-electron chi connectivity index (χ1n) is 10.2. The number of nitrogens with zero attached hydrogens (tertiary/aromatic N) is 2. The highest BCUT2D eigenvalue weighted by atomic mass is 16.2. The second kappa shape index (κ2) is 9.55. The molecule has 3 rings (SSSR count). The van der Waals surface area contributed by atoms with Gasteiger partial charge < -0.3 is 15.5 Å². The van der Waals surface area contributed by atoms with Crippen LogP contribution >= 0.6 is 0 Å². The minimum atomic E-state index is -0.628. The van der Waals surface area contributed by atoms with Gasteiger partial charge in [-0.15, -0.1) is 6.42 Å². The summed E-state index contributed by atoms with van der Waals surface area (Å²) in [6.45, 7) is 2.92. The molecule has 1 fully saturated rings. The maximum Gasteiger partial charge on any atom is 0.240 e. The van der Waals surface area contributed by atoms with Gasteiger partial charge in [-0.3, -0.25) is 14.4 Å². The number of carbonyl (C=O) groups excluding carboxylic acids is 3. The minimum absolute atomic E-state index is 0.0000561. The molecule has 0 aliphatic carbocycles. The molecule has 0 spiro atoms. The number of hydrogen-bond donors (Lipinski definition) is 2. The van der Waals surface area contributed by atoms with Crippen LogP contribution in [0.4, 0.5) is 5.82 Å². The predicted octanol–water partition coefficient (Wildman–Crippen LogP) is 1.32. The Balaban J connectivity index is 1.48. The first-order valence-corrected chi connectivity index (χ1v) is 10.2. The third kappa shape index (κ3) is 5.57. The number of terminal acetylenes is 1. The van der Waals surface area contributed by atoms with Crippen molar-refractivity contribution in [1.82, 2.24) is 15.2 Å². The number of amides is 2. The van der Waals surface area contributed by atoms with Gasteiger partial charge in [-0.05, 0) is 50.7 Å². The highest BCUT2D eigenvalue weighted by Crippen LogP contribution is 2.24. The highest BCUT2D eigenvalue weighted by Gasteiger charge is 2.32. The van der Waals surface area contributed by atoms with E-state index in [1.807, 2.05) is 6.07 Å². The maximum atomic E-state index is 12.6. The molecular formula is C22H28N4O3. The highest BCUT2D eigenvalue weighted by molar-refractivity contribution is 5.88. The lowest BCUT2D eigenvalue weighted by molar-refractivity contribution is -0.135. The van der Waals surface area contributed by atoms with Gasteiger partial charge >= 0.3 is 0 Å². The van der Waals surface area contributed by atoms with Gasteiger partial charge in [0.2, 0.25) is 11.8 Å². The number of nitrogens with one attached hydrogen (secondary N) is 2. The first-order chi connectivity index (χ1) is 14.0. The van der Waals surface area contributed by atoms with E-state index in [4.69, 9.17) is 6.42 Å². The Morgan fingerprint density at radius 1 is 1.45 bits per heavy atom. The summed E-state index contributed by atoms with van der Waals surface area (Å²) in [5.74, 6) is 2.87. The zero-order valence-electron chi connectivity index (χ0n) is 16.9. The van der Waals surface area contributed by atoms with E-state index in [-0.39, 0.29) is 36.5 Å². The molecule has 1 aromatic rings. The Labute approximate surface area is 171 Å². The zero-order chi connectivity index (χ0) is 20.8. The molecular weight excluding hydrogens is 368 g/mol. The molecule has 1 aromatic heterocycles. The standard InChI is InChI=1S/C22H28N4O3/c1-3-18(13-15(2)27)24-20(28)14-26-12-10-17(22(26)29)7-9-19-8-6-16-5-4-11-23-21(16)25-19/h1,6,8,17-18H,4-5,7,9-14H2,2H3,(H,23,25)(H,24,28). The van der Waals surface area contributed by atoms with Crippen LogP contribution in [0.2, 0.25) is 0 Å². The largest absolute Gasteiger partial charge is 0.370 e. The van der Waals surface area contributed by atoms with E-state index in [0.717, 1.165) is 50.2 Å². The monoisotopic (exact) mass is 396 g/mol. The van der Waals surface area contributed by atoms with Gasteiger partial charge in [0.05, 0.1) is 12.6 Å².